The highest BCUT2D eigenvalue weighted by Crippen LogP contribution is 2.42. The first kappa shape index (κ1) is 19.1. The standard InChI is InChI=1S/C22H26N6O/c1-27-11-9-15(10-12-27)18-19-21(24)25-13-26-22(19)28(2)20(18)16-6-3-14(4-7-16)5-8-17(23)29/h3-8,13,15H,9-12H2,1-2H3,(H2,23,29)(H2,24,25,26). The van der Waals surface area contributed by atoms with Gasteiger partial charge in [-0.25, -0.2) is 9.97 Å². The molecule has 1 saturated heterocycles. The van der Waals surface area contributed by atoms with Gasteiger partial charge in [0.2, 0.25) is 5.91 Å². The van der Waals surface area contributed by atoms with E-state index in [2.05, 4.69) is 38.6 Å². The lowest BCUT2D eigenvalue weighted by Gasteiger charge is -2.29. The maximum Gasteiger partial charge on any atom is 0.241 e. The molecule has 150 valence electrons. The first-order valence-electron chi connectivity index (χ1n) is 9.81. The number of hydrogen-bond donors (Lipinski definition) is 2. The Morgan fingerprint density at radius 2 is 1.83 bits per heavy atom. The van der Waals surface area contributed by atoms with Crippen LogP contribution in [0.3, 0.4) is 0 Å². The fraction of sp³-hybridized carbons (Fsp3) is 0.318. The Labute approximate surface area is 170 Å². The number of carbonyl (C=O) groups is 1. The van der Waals surface area contributed by atoms with Crippen LogP contribution in [-0.4, -0.2) is 45.5 Å². The average molecular weight is 390 g/mol. The lowest BCUT2D eigenvalue weighted by atomic mass is 9.86. The molecule has 1 amide bonds. The zero-order valence-electron chi connectivity index (χ0n) is 16.8. The van der Waals surface area contributed by atoms with E-state index in [0.717, 1.165) is 53.8 Å². The molecule has 3 heterocycles. The van der Waals surface area contributed by atoms with E-state index in [1.807, 2.05) is 19.2 Å². The molecule has 1 fully saturated rings. The molecular formula is C22H26N6O. The third-order valence-electron chi connectivity index (χ3n) is 5.79. The van der Waals surface area contributed by atoms with Crippen LogP contribution in [0.1, 0.15) is 29.9 Å². The number of likely N-dealkylation sites (tertiary alicyclic amines) is 1. The van der Waals surface area contributed by atoms with E-state index >= 15 is 0 Å². The number of piperidine rings is 1. The van der Waals surface area contributed by atoms with Gasteiger partial charge in [-0.3, -0.25) is 4.79 Å². The summed E-state index contributed by atoms with van der Waals surface area (Å²) in [4.78, 5) is 22.1. The molecule has 0 aliphatic carbocycles. The zero-order chi connectivity index (χ0) is 20.5. The van der Waals surface area contributed by atoms with Gasteiger partial charge in [0.25, 0.3) is 0 Å². The molecule has 29 heavy (non-hydrogen) atoms. The Morgan fingerprint density at radius 3 is 2.48 bits per heavy atom. The zero-order valence-corrected chi connectivity index (χ0v) is 16.8. The van der Waals surface area contributed by atoms with E-state index in [4.69, 9.17) is 11.5 Å². The molecule has 1 aliphatic rings. The second-order valence-electron chi connectivity index (χ2n) is 7.71. The van der Waals surface area contributed by atoms with Crippen LogP contribution in [0.15, 0.2) is 36.7 Å². The van der Waals surface area contributed by atoms with Gasteiger partial charge in [0.05, 0.1) is 11.1 Å². The van der Waals surface area contributed by atoms with Gasteiger partial charge >= 0.3 is 0 Å². The molecule has 0 atom stereocenters. The third kappa shape index (κ3) is 3.61. The van der Waals surface area contributed by atoms with Crippen molar-refractivity contribution >= 4 is 28.8 Å². The number of primary amides is 1. The number of aryl methyl sites for hydroxylation is 1. The van der Waals surface area contributed by atoms with Gasteiger partial charge in [0.15, 0.2) is 0 Å². The molecule has 0 spiro atoms. The first-order chi connectivity index (χ1) is 14.0. The molecule has 2 aromatic heterocycles. The van der Waals surface area contributed by atoms with Crippen LogP contribution in [0.4, 0.5) is 5.82 Å². The molecule has 4 N–H and O–H groups in total. The molecular weight excluding hydrogens is 364 g/mol. The summed E-state index contributed by atoms with van der Waals surface area (Å²) in [6, 6.07) is 8.10. The minimum absolute atomic E-state index is 0.410. The molecule has 1 aromatic carbocycles. The topological polar surface area (TPSA) is 103 Å². The van der Waals surface area contributed by atoms with Crippen molar-refractivity contribution in [3.05, 3.63) is 47.8 Å². The highest BCUT2D eigenvalue weighted by molar-refractivity contribution is 5.96. The number of benzene rings is 1. The maximum absolute atomic E-state index is 11.0. The summed E-state index contributed by atoms with van der Waals surface area (Å²) >= 11 is 0. The number of amides is 1. The molecule has 7 nitrogen and oxygen atoms in total. The van der Waals surface area contributed by atoms with E-state index in [9.17, 15) is 4.79 Å². The second-order valence-corrected chi connectivity index (χ2v) is 7.71. The summed E-state index contributed by atoms with van der Waals surface area (Å²) in [6.07, 6.45) is 6.77. The average Bonchev–Trinajstić information content (AvgIpc) is 3.01. The SMILES string of the molecule is CN1CCC(c2c(-c3ccc(C=CC(N)=O)cc3)n(C)c3ncnc(N)c23)CC1. The van der Waals surface area contributed by atoms with Gasteiger partial charge in [-0.1, -0.05) is 24.3 Å². The fourth-order valence-corrected chi connectivity index (χ4v) is 4.28. The quantitative estimate of drug-likeness (QED) is 0.666. The molecule has 0 radical (unpaired) electrons. The largest absolute Gasteiger partial charge is 0.383 e. The third-order valence-corrected chi connectivity index (χ3v) is 5.79. The number of fused-ring (bicyclic) bond motifs is 1. The van der Waals surface area contributed by atoms with Crippen LogP contribution in [0, 0.1) is 0 Å². The van der Waals surface area contributed by atoms with E-state index in [-0.39, 0.29) is 0 Å². The number of anilines is 1. The minimum Gasteiger partial charge on any atom is -0.383 e. The van der Waals surface area contributed by atoms with E-state index < -0.39 is 5.91 Å². The molecule has 1 aliphatic heterocycles. The van der Waals surface area contributed by atoms with Crippen molar-refractivity contribution in [2.24, 2.45) is 12.8 Å². The van der Waals surface area contributed by atoms with Gasteiger partial charge in [-0.15, -0.1) is 0 Å². The molecule has 0 unspecified atom stereocenters. The van der Waals surface area contributed by atoms with E-state index in [0.29, 0.717) is 11.7 Å². The van der Waals surface area contributed by atoms with Gasteiger partial charge in [0, 0.05) is 13.1 Å². The normalized spacial score (nSPS) is 16.1. The van der Waals surface area contributed by atoms with Crippen LogP contribution in [0.25, 0.3) is 28.4 Å². The summed E-state index contributed by atoms with van der Waals surface area (Å²) in [5.74, 6) is 0.487. The molecule has 0 bridgehead atoms. The summed E-state index contributed by atoms with van der Waals surface area (Å²) < 4.78 is 2.12. The summed E-state index contributed by atoms with van der Waals surface area (Å²) in [7, 11) is 4.19. The first-order valence-corrected chi connectivity index (χ1v) is 9.81. The Bertz CT molecular complexity index is 1070. The number of aromatic nitrogens is 3. The van der Waals surface area contributed by atoms with Crippen LogP contribution < -0.4 is 11.5 Å². The van der Waals surface area contributed by atoms with E-state index in [1.54, 1.807) is 6.08 Å². The van der Waals surface area contributed by atoms with Gasteiger partial charge in [0.1, 0.15) is 17.8 Å². The second kappa shape index (κ2) is 7.67. The number of hydrogen-bond acceptors (Lipinski definition) is 5. The van der Waals surface area contributed by atoms with Crippen molar-refractivity contribution in [3.8, 4) is 11.3 Å². The van der Waals surface area contributed by atoms with Crippen LogP contribution in [-0.2, 0) is 11.8 Å². The van der Waals surface area contributed by atoms with Gasteiger partial charge in [-0.2, -0.15) is 0 Å². The molecule has 0 saturated carbocycles. The summed E-state index contributed by atoms with van der Waals surface area (Å²) in [5.41, 5.74) is 16.8. The lowest BCUT2D eigenvalue weighted by molar-refractivity contribution is -0.113. The number of nitrogens with two attached hydrogens (primary N) is 2. The summed E-state index contributed by atoms with van der Waals surface area (Å²) in [5, 5.41) is 0.970. The molecule has 3 aromatic rings. The monoisotopic (exact) mass is 390 g/mol. The Balaban J connectivity index is 1.85. The van der Waals surface area contributed by atoms with Crippen molar-refractivity contribution in [3.63, 3.8) is 0 Å². The maximum atomic E-state index is 11.0. The van der Waals surface area contributed by atoms with Crippen molar-refractivity contribution in [2.45, 2.75) is 18.8 Å². The van der Waals surface area contributed by atoms with Crippen LogP contribution >= 0.6 is 0 Å². The number of nitrogen functional groups attached to an aromatic ring is 1. The van der Waals surface area contributed by atoms with Crippen molar-refractivity contribution in [2.75, 3.05) is 25.9 Å². The highest BCUT2D eigenvalue weighted by Gasteiger charge is 2.28. The Morgan fingerprint density at radius 1 is 1.14 bits per heavy atom. The minimum atomic E-state index is -0.457. The lowest BCUT2D eigenvalue weighted by Crippen LogP contribution is -2.29. The molecule has 7 heteroatoms. The van der Waals surface area contributed by atoms with Crippen LogP contribution in [0.5, 0.6) is 0 Å². The number of rotatable bonds is 4. The van der Waals surface area contributed by atoms with Gasteiger partial charge in [-0.05, 0) is 61.7 Å². The summed E-state index contributed by atoms with van der Waals surface area (Å²) in [6.45, 7) is 2.12. The highest BCUT2D eigenvalue weighted by atomic mass is 16.1. The van der Waals surface area contributed by atoms with Crippen molar-refractivity contribution in [1.82, 2.24) is 19.4 Å². The van der Waals surface area contributed by atoms with Crippen LogP contribution in [0.2, 0.25) is 0 Å². The molecule has 4 rings (SSSR count). The Hall–Kier alpha value is -3.19. The van der Waals surface area contributed by atoms with Gasteiger partial charge < -0.3 is 20.9 Å². The van der Waals surface area contributed by atoms with Crippen molar-refractivity contribution < 1.29 is 4.79 Å². The van der Waals surface area contributed by atoms with E-state index in [1.165, 1.54) is 18.0 Å². The number of carbonyl (C=O) groups excluding carboxylic acids is 1. The fourth-order valence-electron chi connectivity index (χ4n) is 4.28. The Kier molecular flexibility index (Phi) is 5.07. The number of nitrogens with zero attached hydrogens (tertiary/aromatic N) is 4. The predicted molar refractivity (Wildman–Crippen MR) is 116 cm³/mol. The van der Waals surface area contributed by atoms with Crippen molar-refractivity contribution in [1.29, 1.82) is 0 Å². The predicted octanol–water partition coefficient (Wildman–Crippen LogP) is 2.53. The smallest absolute Gasteiger partial charge is 0.241 e.